The second kappa shape index (κ2) is 6.79. The maximum absolute atomic E-state index is 13.2. The molecule has 0 spiro atoms. The summed E-state index contributed by atoms with van der Waals surface area (Å²) in [6.45, 7) is 3.93. The van der Waals surface area contributed by atoms with Crippen molar-refractivity contribution in [2.45, 2.75) is 64.5 Å². The lowest BCUT2D eigenvalue weighted by Crippen LogP contribution is -2.56. The maximum Gasteiger partial charge on any atom is 0.262 e. The maximum atomic E-state index is 13.2. The highest BCUT2D eigenvalue weighted by atomic mass is 32.1. The van der Waals surface area contributed by atoms with E-state index >= 15 is 0 Å². The van der Waals surface area contributed by atoms with Crippen molar-refractivity contribution in [1.82, 2.24) is 14.9 Å². The van der Waals surface area contributed by atoms with Gasteiger partial charge in [-0.1, -0.05) is 12.1 Å². The minimum Gasteiger partial charge on any atom is -0.351 e. The number of H-pyrrole nitrogens is 1. The molecule has 0 unspecified atom stereocenters. The van der Waals surface area contributed by atoms with Crippen LogP contribution in [0.1, 0.15) is 58.4 Å². The van der Waals surface area contributed by atoms with E-state index in [9.17, 15) is 9.59 Å². The van der Waals surface area contributed by atoms with Gasteiger partial charge in [-0.25, -0.2) is 0 Å². The van der Waals surface area contributed by atoms with E-state index in [1.807, 2.05) is 18.2 Å². The number of hydrogen-bond donors (Lipinski definition) is 2. The van der Waals surface area contributed by atoms with Gasteiger partial charge in [0.05, 0.1) is 10.9 Å². The van der Waals surface area contributed by atoms with Crippen molar-refractivity contribution in [2.75, 3.05) is 0 Å². The highest BCUT2D eigenvalue weighted by Gasteiger charge is 2.53. The molecule has 1 heterocycles. The van der Waals surface area contributed by atoms with Crippen LogP contribution in [0, 0.1) is 27.9 Å². The van der Waals surface area contributed by atoms with Gasteiger partial charge in [-0.2, -0.15) is 0 Å². The SMILES string of the molecule is C[C@H](C(=O)N[C@H](C)C12CC3CC(CC(C3)C1)C2)n1c(=S)[nH]c2ccccc2c1=O. The first-order chi connectivity index (χ1) is 13.9. The van der Waals surface area contributed by atoms with Crippen LogP contribution in [-0.4, -0.2) is 21.5 Å². The molecule has 1 aromatic heterocycles. The van der Waals surface area contributed by atoms with Crippen LogP contribution in [0.2, 0.25) is 0 Å². The van der Waals surface area contributed by atoms with Crippen LogP contribution < -0.4 is 10.9 Å². The predicted octanol–water partition coefficient (Wildman–Crippen LogP) is 4.34. The standard InChI is InChI=1S/C23H29N3O2S/c1-13(26-21(28)18-5-3-4-6-19(18)25-22(26)29)20(27)24-14(2)23-10-15-7-16(11-23)9-17(8-15)12-23/h3-6,13-17H,7-12H2,1-2H3,(H,24,27)(H,25,29)/t13-,14-,15?,16?,17?,23?/m1/s1. The third-order valence-corrected chi connectivity index (χ3v) is 8.27. The molecular weight excluding hydrogens is 382 g/mol. The Bertz CT molecular complexity index is 1050. The first-order valence-electron chi connectivity index (χ1n) is 10.9. The fourth-order valence-electron chi connectivity index (χ4n) is 6.84. The Morgan fingerprint density at radius 2 is 1.72 bits per heavy atom. The summed E-state index contributed by atoms with van der Waals surface area (Å²) in [5.41, 5.74) is 0.726. The zero-order valence-electron chi connectivity index (χ0n) is 17.1. The molecule has 29 heavy (non-hydrogen) atoms. The third kappa shape index (κ3) is 3.07. The normalized spacial score (nSPS) is 32.3. The van der Waals surface area contributed by atoms with Crippen LogP contribution in [0.5, 0.6) is 0 Å². The number of carbonyl (C=O) groups excluding carboxylic acids is 1. The van der Waals surface area contributed by atoms with E-state index in [4.69, 9.17) is 12.2 Å². The summed E-state index contributed by atoms with van der Waals surface area (Å²) in [6, 6.07) is 6.76. The average molecular weight is 412 g/mol. The number of nitrogens with zero attached hydrogens (tertiary/aromatic N) is 1. The lowest BCUT2D eigenvalue weighted by atomic mass is 9.48. The number of carbonyl (C=O) groups is 1. The number of amides is 1. The van der Waals surface area contributed by atoms with Gasteiger partial charge in [0, 0.05) is 6.04 Å². The van der Waals surface area contributed by atoms with Gasteiger partial charge in [0.25, 0.3) is 5.56 Å². The molecule has 0 saturated heterocycles. The van der Waals surface area contributed by atoms with E-state index in [1.54, 1.807) is 13.0 Å². The van der Waals surface area contributed by atoms with Crippen LogP contribution in [0.4, 0.5) is 0 Å². The van der Waals surface area contributed by atoms with Crippen molar-refractivity contribution in [3.63, 3.8) is 0 Å². The van der Waals surface area contributed by atoms with Crippen molar-refractivity contribution >= 4 is 29.0 Å². The van der Waals surface area contributed by atoms with Gasteiger partial charge in [-0.15, -0.1) is 0 Å². The molecule has 5 nitrogen and oxygen atoms in total. The van der Waals surface area contributed by atoms with Crippen LogP contribution in [0.25, 0.3) is 10.9 Å². The van der Waals surface area contributed by atoms with Crippen molar-refractivity contribution in [3.05, 3.63) is 39.4 Å². The highest BCUT2D eigenvalue weighted by molar-refractivity contribution is 7.71. The zero-order chi connectivity index (χ0) is 20.3. The van der Waals surface area contributed by atoms with Crippen LogP contribution in [0.3, 0.4) is 0 Å². The molecule has 2 N–H and O–H groups in total. The molecule has 4 fully saturated rings. The minimum atomic E-state index is -0.646. The van der Waals surface area contributed by atoms with Gasteiger partial charge in [-0.3, -0.25) is 14.2 Å². The Hall–Kier alpha value is -1.95. The van der Waals surface area contributed by atoms with Crippen molar-refractivity contribution in [2.24, 2.45) is 23.2 Å². The van der Waals surface area contributed by atoms with E-state index in [2.05, 4.69) is 17.2 Å². The molecule has 4 aliphatic carbocycles. The lowest BCUT2D eigenvalue weighted by molar-refractivity contribution is -0.128. The average Bonchev–Trinajstić information content (AvgIpc) is 2.66. The summed E-state index contributed by atoms with van der Waals surface area (Å²) in [5, 5.41) is 3.83. The van der Waals surface area contributed by atoms with Crippen LogP contribution in [-0.2, 0) is 4.79 Å². The van der Waals surface area contributed by atoms with Gasteiger partial charge >= 0.3 is 0 Å². The summed E-state index contributed by atoms with van der Waals surface area (Å²) in [4.78, 5) is 29.3. The Kier molecular flexibility index (Phi) is 4.46. The predicted molar refractivity (Wildman–Crippen MR) is 116 cm³/mol. The van der Waals surface area contributed by atoms with Crippen molar-refractivity contribution in [1.29, 1.82) is 0 Å². The fraction of sp³-hybridized carbons (Fsp3) is 0.609. The van der Waals surface area contributed by atoms with Crippen molar-refractivity contribution < 1.29 is 4.79 Å². The van der Waals surface area contributed by atoms with Crippen LogP contribution in [0.15, 0.2) is 29.1 Å². The van der Waals surface area contributed by atoms with Crippen molar-refractivity contribution in [3.8, 4) is 0 Å². The summed E-state index contributed by atoms with van der Waals surface area (Å²) < 4.78 is 1.71. The van der Waals surface area contributed by atoms with E-state index in [0.717, 1.165) is 17.8 Å². The molecule has 4 saturated carbocycles. The first-order valence-corrected chi connectivity index (χ1v) is 11.3. The molecule has 2 aromatic rings. The number of hydrogen-bond acceptors (Lipinski definition) is 3. The number of benzene rings is 1. The van der Waals surface area contributed by atoms with Crippen LogP contribution >= 0.6 is 12.2 Å². The second-order valence-corrected chi connectivity index (χ2v) is 10.2. The second-order valence-electron chi connectivity index (χ2n) is 9.84. The Morgan fingerprint density at radius 3 is 2.34 bits per heavy atom. The topological polar surface area (TPSA) is 66.9 Å². The van der Waals surface area contributed by atoms with Gasteiger partial charge in [-0.05, 0) is 99.9 Å². The molecule has 1 aromatic carbocycles. The number of nitrogens with one attached hydrogen (secondary N) is 2. The first kappa shape index (κ1) is 19.0. The number of aromatic amines is 1. The van der Waals surface area contributed by atoms with E-state index in [-0.39, 0.29) is 22.9 Å². The van der Waals surface area contributed by atoms with Gasteiger partial charge in [0.2, 0.25) is 5.91 Å². The fourth-order valence-corrected chi connectivity index (χ4v) is 7.19. The third-order valence-electron chi connectivity index (χ3n) is 7.97. The summed E-state index contributed by atoms with van der Waals surface area (Å²) in [6.07, 6.45) is 7.88. The monoisotopic (exact) mass is 411 g/mol. The molecule has 4 bridgehead atoms. The van der Waals surface area contributed by atoms with Gasteiger partial charge in [0.1, 0.15) is 6.04 Å². The molecule has 0 radical (unpaired) electrons. The Labute approximate surface area is 175 Å². The largest absolute Gasteiger partial charge is 0.351 e. The molecule has 0 aliphatic heterocycles. The van der Waals surface area contributed by atoms with Gasteiger partial charge in [0.15, 0.2) is 4.77 Å². The van der Waals surface area contributed by atoms with E-state index in [0.29, 0.717) is 15.7 Å². The number of rotatable bonds is 4. The molecule has 6 heteroatoms. The lowest BCUT2D eigenvalue weighted by Gasteiger charge is -2.59. The number of para-hydroxylation sites is 1. The Morgan fingerprint density at radius 1 is 1.14 bits per heavy atom. The van der Waals surface area contributed by atoms with Gasteiger partial charge < -0.3 is 10.3 Å². The molecule has 6 rings (SSSR count). The Balaban J connectivity index is 1.40. The zero-order valence-corrected chi connectivity index (χ0v) is 17.9. The number of fused-ring (bicyclic) bond motifs is 1. The molecule has 1 amide bonds. The number of aromatic nitrogens is 2. The highest BCUT2D eigenvalue weighted by Crippen LogP contribution is 2.61. The summed E-state index contributed by atoms with van der Waals surface area (Å²) >= 11 is 5.42. The summed E-state index contributed by atoms with van der Waals surface area (Å²) in [7, 11) is 0. The minimum absolute atomic E-state index is 0.120. The van der Waals surface area contributed by atoms with E-state index in [1.165, 1.54) is 43.1 Å². The molecule has 2 atom stereocenters. The summed E-state index contributed by atoms with van der Waals surface area (Å²) in [5.74, 6) is 2.41. The molecule has 154 valence electrons. The molecular formula is C23H29N3O2S. The quantitative estimate of drug-likeness (QED) is 0.736. The van der Waals surface area contributed by atoms with E-state index < -0.39 is 6.04 Å². The smallest absolute Gasteiger partial charge is 0.262 e. The molecule has 4 aliphatic rings.